The molecule has 0 atom stereocenters. The van der Waals surface area contributed by atoms with Crippen molar-refractivity contribution in [3.8, 4) is 0 Å². The van der Waals surface area contributed by atoms with Crippen LogP contribution < -0.4 is 0 Å². The molecule has 0 spiro atoms. The van der Waals surface area contributed by atoms with E-state index in [2.05, 4.69) is 16.0 Å². The molecular formula is C10H10N2O2S. The van der Waals surface area contributed by atoms with Crippen molar-refractivity contribution in [1.82, 2.24) is 4.90 Å². The Bertz CT molecular complexity index is 388. The van der Waals surface area contributed by atoms with Crippen molar-refractivity contribution in [3.63, 3.8) is 0 Å². The second-order valence-corrected chi connectivity index (χ2v) is 4.24. The molecule has 0 bridgehead atoms. The summed E-state index contributed by atoms with van der Waals surface area (Å²) < 4.78 is 3.80. The molecule has 78 valence electrons. The van der Waals surface area contributed by atoms with Gasteiger partial charge in [-0.05, 0) is 12.2 Å². The lowest BCUT2D eigenvalue weighted by Gasteiger charge is -2.24. The summed E-state index contributed by atoms with van der Waals surface area (Å²) in [6.45, 7) is 0.449. The zero-order valence-electron chi connectivity index (χ0n) is 8.15. The van der Waals surface area contributed by atoms with E-state index in [1.165, 1.54) is 16.8 Å². The Kier molecular flexibility index (Phi) is 3.07. The molecule has 2 rings (SSSR count). The number of nitrogens with zero attached hydrogens (tertiary/aromatic N) is 2. The van der Waals surface area contributed by atoms with Gasteiger partial charge in [0, 0.05) is 43.6 Å². The predicted molar refractivity (Wildman–Crippen MR) is 57.2 cm³/mol. The summed E-state index contributed by atoms with van der Waals surface area (Å²) >= 11 is 1.30. The van der Waals surface area contributed by atoms with Crippen molar-refractivity contribution in [2.24, 2.45) is 4.40 Å². The second-order valence-electron chi connectivity index (χ2n) is 3.39. The number of hydrogen-bond donors (Lipinski definition) is 0. The Morgan fingerprint density at radius 2 is 2.07 bits per heavy atom. The van der Waals surface area contributed by atoms with Gasteiger partial charge in [0.15, 0.2) is 0 Å². The Morgan fingerprint density at radius 1 is 1.33 bits per heavy atom. The SMILES string of the molecule is O=C1CCCC(=O)N1CCC1=C=C=NS1. The summed E-state index contributed by atoms with van der Waals surface area (Å²) in [7, 11) is 0. The first-order chi connectivity index (χ1) is 7.27. The molecule has 5 heteroatoms. The van der Waals surface area contributed by atoms with Crippen LogP contribution in [0.1, 0.15) is 25.7 Å². The van der Waals surface area contributed by atoms with Gasteiger partial charge >= 0.3 is 0 Å². The van der Waals surface area contributed by atoms with Crippen LogP contribution in [0.15, 0.2) is 15.0 Å². The summed E-state index contributed by atoms with van der Waals surface area (Å²) in [4.78, 5) is 25.2. The van der Waals surface area contributed by atoms with Crippen molar-refractivity contribution in [2.75, 3.05) is 6.54 Å². The van der Waals surface area contributed by atoms with E-state index in [0.717, 1.165) is 4.91 Å². The number of carbonyl (C=O) groups is 2. The molecule has 2 heterocycles. The van der Waals surface area contributed by atoms with E-state index < -0.39 is 0 Å². The molecule has 15 heavy (non-hydrogen) atoms. The van der Waals surface area contributed by atoms with E-state index in [1.54, 1.807) is 0 Å². The average Bonchev–Trinajstić information content (AvgIpc) is 2.70. The first-order valence-electron chi connectivity index (χ1n) is 4.84. The first kappa shape index (κ1) is 10.2. The average molecular weight is 222 g/mol. The molecule has 0 aromatic rings. The molecule has 0 N–H and O–H groups in total. The number of amides is 2. The van der Waals surface area contributed by atoms with Gasteiger partial charge in [0.1, 0.15) is 0 Å². The molecule has 0 saturated carbocycles. The van der Waals surface area contributed by atoms with E-state index >= 15 is 0 Å². The van der Waals surface area contributed by atoms with Crippen molar-refractivity contribution in [2.45, 2.75) is 25.7 Å². The third kappa shape index (κ3) is 2.39. The number of rotatable bonds is 3. The zero-order valence-corrected chi connectivity index (χ0v) is 8.97. The van der Waals surface area contributed by atoms with Crippen LogP contribution >= 0.6 is 11.9 Å². The minimum atomic E-state index is -0.0558. The maximum atomic E-state index is 11.4. The fourth-order valence-corrected chi connectivity index (χ4v) is 2.03. The smallest absolute Gasteiger partial charge is 0.229 e. The van der Waals surface area contributed by atoms with Crippen molar-refractivity contribution in [3.05, 3.63) is 10.6 Å². The van der Waals surface area contributed by atoms with E-state index in [9.17, 15) is 9.59 Å². The molecule has 0 radical (unpaired) electrons. The molecule has 0 aromatic heterocycles. The summed E-state index contributed by atoms with van der Waals surface area (Å²) in [5.74, 6) is 2.48. The largest absolute Gasteiger partial charge is 0.282 e. The minimum Gasteiger partial charge on any atom is -0.282 e. The normalized spacial score (nSPS) is 20.0. The Morgan fingerprint density at radius 3 is 2.67 bits per heavy atom. The summed E-state index contributed by atoms with van der Waals surface area (Å²) in [6, 6.07) is 0. The lowest BCUT2D eigenvalue weighted by atomic mass is 10.1. The summed E-state index contributed by atoms with van der Waals surface area (Å²) in [5, 5.41) is 0. The fourth-order valence-electron chi connectivity index (χ4n) is 1.56. The van der Waals surface area contributed by atoms with E-state index in [1.807, 2.05) is 0 Å². The molecule has 4 nitrogen and oxygen atoms in total. The number of hydrogen-bond acceptors (Lipinski definition) is 4. The molecule has 0 unspecified atom stereocenters. The number of imide groups is 1. The van der Waals surface area contributed by atoms with Crippen molar-refractivity contribution >= 4 is 29.6 Å². The lowest BCUT2D eigenvalue weighted by Crippen LogP contribution is -2.40. The third-order valence-corrected chi connectivity index (χ3v) is 3.05. The van der Waals surface area contributed by atoms with Crippen LogP contribution in [0.25, 0.3) is 0 Å². The summed E-state index contributed by atoms with van der Waals surface area (Å²) in [5.41, 5.74) is 2.84. The second kappa shape index (κ2) is 4.49. The first-order valence-corrected chi connectivity index (χ1v) is 5.62. The van der Waals surface area contributed by atoms with E-state index in [0.29, 0.717) is 32.2 Å². The highest BCUT2D eigenvalue weighted by molar-refractivity contribution is 8.02. The molecule has 2 aliphatic rings. The monoisotopic (exact) mass is 222 g/mol. The molecule has 2 aliphatic heterocycles. The molecule has 0 aromatic carbocycles. The molecule has 2 amide bonds. The van der Waals surface area contributed by atoms with Crippen LogP contribution in [0.3, 0.4) is 0 Å². The topological polar surface area (TPSA) is 49.7 Å². The predicted octanol–water partition coefficient (Wildman–Crippen LogP) is 1.29. The van der Waals surface area contributed by atoms with Gasteiger partial charge in [-0.3, -0.25) is 14.5 Å². The molecule has 1 fully saturated rings. The maximum absolute atomic E-state index is 11.4. The van der Waals surface area contributed by atoms with Crippen LogP contribution in [0.4, 0.5) is 0 Å². The van der Waals surface area contributed by atoms with Gasteiger partial charge < -0.3 is 0 Å². The summed E-state index contributed by atoms with van der Waals surface area (Å²) in [6.07, 6.45) is 2.31. The Balaban J connectivity index is 1.92. The van der Waals surface area contributed by atoms with Crippen LogP contribution in [0.2, 0.25) is 0 Å². The highest BCUT2D eigenvalue weighted by Crippen LogP contribution is 2.22. The molecular weight excluding hydrogens is 212 g/mol. The quantitative estimate of drug-likeness (QED) is 0.410. The highest BCUT2D eigenvalue weighted by Gasteiger charge is 2.25. The lowest BCUT2D eigenvalue weighted by molar-refractivity contribution is -0.147. The van der Waals surface area contributed by atoms with Gasteiger partial charge in [-0.15, -0.1) is 0 Å². The van der Waals surface area contributed by atoms with Gasteiger partial charge in [-0.2, -0.15) is 4.40 Å². The van der Waals surface area contributed by atoms with Gasteiger partial charge in [0.25, 0.3) is 0 Å². The minimum absolute atomic E-state index is 0.0558. The van der Waals surface area contributed by atoms with Crippen LogP contribution in [0.5, 0.6) is 0 Å². The van der Waals surface area contributed by atoms with Gasteiger partial charge in [0.05, 0.1) is 4.91 Å². The Labute approximate surface area is 91.9 Å². The Hall–Kier alpha value is -1.28. The number of carbonyl (C=O) groups excluding carboxylic acids is 2. The van der Waals surface area contributed by atoms with Gasteiger partial charge in [-0.25, -0.2) is 0 Å². The van der Waals surface area contributed by atoms with E-state index in [4.69, 9.17) is 0 Å². The standard InChI is InChI=1S/C10H10N2O2S/c13-9-2-1-3-10(14)12(9)7-5-8-4-6-11-15-8/h1-3,5,7H2. The maximum Gasteiger partial charge on any atom is 0.229 e. The molecule has 0 aliphatic carbocycles. The van der Waals surface area contributed by atoms with Gasteiger partial charge in [0.2, 0.25) is 11.8 Å². The van der Waals surface area contributed by atoms with E-state index in [-0.39, 0.29) is 11.8 Å². The van der Waals surface area contributed by atoms with Crippen molar-refractivity contribution in [1.29, 1.82) is 0 Å². The highest BCUT2D eigenvalue weighted by atomic mass is 32.2. The number of likely N-dealkylation sites (tertiary alicyclic amines) is 1. The van der Waals surface area contributed by atoms with Crippen molar-refractivity contribution < 1.29 is 9.59 Å². The van der Waals surface area contributed by atoms with Gasteiger partial charge in [-0.1, -0.05) is 0 Å². The molecule has 1 saturated heterocycles. The third-order valence-electron chi connectivity index (χ3n) is 2.34. The zero-order chi connectivity index (χ0) is 10.7. The van der Waals surface area contributed by atoms with Crippen LogP contribution in [0, 0.1) is 0 Å². The fraction of sp³-hybridized carbons (Fsp3) is 0.500. The van der Waals surface area contributed by atoms with Crippen LogP contribution in [-0.2, 0) is 9.59 Å². The number of piperidine rings is 1. The van der Waals surface area contributed by atoms with Crippen LogP contribution in [-0.4, -0.2) is 29.1 Å².